The SMILES string of the molecule is CCOC(=O)Cc1csc(NN=Cc2ccc(N(C)c3cccc(F)c3)cc2)n1. The zero-order chi connectivity index (χ0) is 20.6. The first-order chi connectivity index (χ1) is 14.0. The number of nitrogens with zero attached hydrogens (tertiary/aromatic N) is 3. The van der Waals surface area contributed by atoms with E-state index in [0.717, 1.165) is 16.9 Å². The van der Waals surface area contributed by atoms with Gasteiger partial charge < -0.3 is 9.64 Å². The number of hydrazone groups is 1. The summed E-state index contributed by atoms with van der Waals surface area (Å²) in [6.45, 7) is 2.13. The molecule has 1 N–H and O–H groups in total. The van der Waals surface area contributed by atoms with E-state index >= 15 is 0 Å². The molecule has 1 aromatic heterocycles. The first-order valence-electron chi connectivity index (χ1n) is 9.03. The van der Waals surface area contributed by atoms with Crippen molar-refractivity contribution in [3.8, 4) is 0 Å². The van der Waals surface area contributed by atoms with E-state index in [2.05, 4.69) is 15.5 Å². The molecule has 6 nitrogen and oxygen atoms in total. The van der Waals surface area contributed by atoms with Crippen molar-refractivity contribution in [3.63, 3.8) is 0 Å². The van der Waals surface area contributed by atoms with Gasteiger partial charge in [-0.2, -0.15) is 5.10 Å². The summed E-state index contributed by atoms with van der Waals surface area (Å²) >= 11 is 1.37. The Hall–Kier alpha value is -3.26. The lowest BCUT2D eigenvalue weighted by molar-refractivity contribution is -0.142. The van der Waals surface area contributed by atoms with Crippen LogP contribution in [0.3, 0.4) is 0 Å². The van der Waals surface area contributed by atoms with Gasteiger partial charge in [-0.15, -0.1) is 11.3 Å². The van der Waals surface area contributed by atoms with E-state index in [-0.39, 0.29) is 18.2 Å². The molecule has 0 unspecified atom stereocenters. The third-order valence-corrected chi connectivity index (χ3v) is 4.83. The summed E-state index contributed by atoms with van der Waals surface area (Å²) in [7, 11) is 1.88. The molecule has 0 aliphatic heterocycles. The van der Waals surface area contributed by atoms with Gasteiger partial charge in [0.05, 0.1) is 24.9 Å². The minimum Gasteiger partial charge on any atom is -0.466 e. The molecular formula is C21H21FN4O2S. The van der Waals surface area contributed by atoms with Crippen LogP contribution in [0.2, 0.25) is 0 Å². The molecule has 2 aromatic carbocycles. The Labute approximate surface area is 172 Å². The third-order valence-electron chi connectivity index (χ3n) is 4.03. The first-order valence-corrected chi connectivity index (χ1v) is 9.91. The van der Waals surface area contributed by atoms with Crippen molar-refractivity contribution in [1.82, 2.24) is 4.98 Å². The van der Waals surface area contributed by atoms with Crippen molar-refractivity contribution in [2.24, 2.45) is 5.10 Å². The lowest BCUT2D eigenvalue weighted by Gasteiger charge is -2.19. The highest BCUT2D eigenvalue weighted by molar-refractivity contribution is 7.13. The Bertz CT molecular complexity index is 988. The Kier molecular flexibility index (Phi) is 6.91. The molecule has 29 heavy (non-hydrogen) atoms. The molecular weight excluding hydrogens is 391 g/mol. The molecule has 0 aliphatic rings. The smallest absolute Gasteiger partial charge is 0.311 e. The molecule has 0 radical (unpaired) electrons. The van der Waals surface area contributed by atoms with Crippen LogP contribution in [0, 0.1) is 5.82 Å². The molecule has 150 valence electrons. The molecule has 0 saturated heterocycles. The number of aromatic nitrogens is 1. The van der Waals surface area contributed by atoms with Crippen LogP contribution in [-0.2, 0) is 16.0 Å². The summed E-state index contributed by atoms with van der Waals surface area (Å²) in [5.74, 6) is -0.562. The number of hydrogen-bond donors (Lipinski definition) is 1. The van der Waals surface area contributed by atoms with E-state index in [4.69, 9.17) is 4.74 Å². The van der Waals surface area contributed by atoms with Gasteiger partial charge >= 0.3 is 5.97 Å². The average molecular weight is 412 g/mol. The molecule has 0 atom stereocenters. The van der Waals surface area contributed by atoms with Crippen molar-refractivity contribution in [3.05, 3.63) is 71.0 Å². The number of carbonyl (C=O) groups is 1. The van der Waals surface area contributed by atoms with Crippen molar-refractivity contribution >= 4 is 40.0 Å². The Morgan fingerprint density at radius 3 is 2.79 bits per heavy atom. The van der Waals surface area contributed by atoms with Gasteiger partial charge in [-0.1, -0.05) is 18.2 Å². The van der Waals surface area contributed by atoms with Gasteiger partial charge in [0.25, 0.3) is 0 Å². The van der Waals surface area contributed by atoms with Crippen LogP contribution >= 0.6 is 11.3 Å². The maximum absolute atomic E-state index is 13.4. The van der Waals surface area contributed by atoms with Gasteiger partial charge in [-0.05, 0) is 42.8 Å². The van der Waals surface area contributed by atoms with Crippen LogP contribution in [0.1, 0.15) is 18.2 Å². The Morgan fingerprint density at radius 1 is 1.28 bits per heavy atom. The van der Waals surface area contributed by atoms with E-state index in [1.165, 1.54) is 23.5 Å². The number of anilines is 3. The second-order valence-electron chi connectivity index (χ2n) is 6.13. The molecule has 3 rings (SSSR count). The van der Waals surface area contributed by atoms with Crippen molar-refractivity contribution < 1.29 is 13.9 Å². The van der Waals surface area contributed by atoms with Crippen molar-refractivity contribution in [1.29, 1.82) is 0 Å². The number of rotatable bonds is 8. The number of hydrogen-bond acceptors (Lipinski definition) is 7. The molecule has 0 amide bonds. The predicted molar refractivity (Wildman–Crippen MR) is 115 cm³/mol. The number of ether oxygens (including phenoxy) is 1. The van der Waals surface area contributed by atoms with Gasteiger partial charge in [0.2, 0.25) is 5.13 Å². The maximum atomic E-state index is 13.4. The molecule has 0 bridgehead atoms. The number of benzene rings is 2. The minimum atomic E-state index is -0.295. The van der Waals surface area contributed by atoms with Crippen LogP contribution in [0.5, 0.6) is 0 Å². The molecule has 8 heteroatoms. The molecule has 1 heterocycles. The van der Waals surface area contributed by atoms with Crippen LogP contribution < -0.4 is 10.3 Å². The third kappa shape index (κ3) is 5.86. The predicted octanol–water partition coefficient (Wildman–Crippen LogP) is 4.60. The molecule has 3 aromatic rings. The van der Waals surface area contributed by atoms with Gasteiger partial charge in [0.15, 0.2) is 0 Å². The van der Waals surface area contributed by atoms with Crippen molar-refractivity contribution in [2.75, 3.05) is 24.0 Å². The fourth-order valence-electron chi connectivity index (χ4n) is 2.58. The van der Waals surface area contributed by atoms with E-state index in [0.29, 0.717) is 17.4 Å². The van der Waals surface area contributed by atoms with E-state index < -0.39 is 0 Å². The first kappa shape index (κ1) is 20.5. The minimum absolute atomic E-state index is 0.149. The number of thiazole rings is 1. The normalized spacial score (nSPS) is 10.9. The lowest BCUT2D eigenvalue weighted by atomic mass is 10.2. The summed E-state index contributed by atoms with van der Waals surface area (Å²) in [6.07, 6.45) is 1.83. The summed E-state index contributed by atoms with van der Waals surface area (Å²) in [5, 5.41) is 6.58. The maximum Gasteiger partial charge on any atom is 0.311 e. The monoisotopic (exact) mass is 412 g/mol. The highest BCUT2D eigenvalue weighted by Gasteiger charge is 2.08. The van der Waals surface area contributed by atoms with Gasteiger partial charge in [0, 0.05) is 23.8 Å². The van der Waals surface area contributed by atoms with Gasteiger partial charge in [-0.25, -0.2) is 9.37 Å². The number of halogens is 1. The largest absolute Gasteiger partial charge is 0.466 e. The zero-order valence-electron chi connectivity index (χ0n) is 16.1. The summed E-state index contributed by atoms with van der Waals surface area (Å²) in [4.78, 5) is 17.7. The molecule has 0 saturated carbocycles. The summed E-state index contributed by atoms with van der Waals surface area (Å²) in [5.41, 5.74) is 6.12. The zero-order valence-corrected chi connectivity index (χ0v) is 16.9. The fourth-order valence-corrected chi connectivity index (χ4v) is 3.24. The Balaban J connectivity index is 1.56. The standard InChI is InChI=1S/C21H21FN4O2S/c1-3-28-20(27)12-17-14-29-21(24-17)25-23-13-15-7-9-18(10-8-15)26(2)19-6-4-5-16(22)11-19/h4-11,13-14H,3,12H2,1-2H3,(H,24,25). The second-order valence-corrected chi connectivity index (χ2v) is 6.98. The molecule has 0 fully saturated rings. The van der Waals surface area contributed by atoms with E-state index in [9.17, 15) is 9.18 Å². The van der Waals surface area contributed by atoms with Crippen LogP contribution in [0.25, 0.3) is 0 Å². The second kappa shape index (κ2) is 9.79. The fraction of sp³-hybridized carbons (Fsp3) is 0.190. The Morgan fingerprint density at radius 2 is 2.07 bits per heavy atom. The van der Waals surface area contributed by atoms with Crippen LogP contribution in [0.4, 0.5) is 20.9 Å². The summed E-state index contributed by atoms with van der Waals surface area (Å²) < 4.78 is 18.3. The van der Waals surface area contributed by atoms with Gasteiger partial charge in [-0.3, -0.25) is 10.2 Å². The number of carbonyl (C=O) groups excluding carboxylic acids is 1. The number of esters is 1. The quantitative estimate of drug-likeness (QED) is 0.333. The summed E-state index contributed by atoms with van der Waals surface area (Å²) in [6, 6.07) is 14.2. The molecule has 0 spiro atoms. The number of nitrogens with one attached hydrogen (secondary N) is 1. The molecule has 0 aliphatic carbocycles. The van der Waals surface area contributed by atoms with Crippen molar-refractivity contribution in [2.45, 2.75) is 13.3 Å². The van der Waals surface area contributed by atoms with Gasteiger partial charge in [0.1, 0.15) is 5.82 Å². The average Bonchev–Trinajstić information content (AvgIpc) is 3.15. The topological polar surface area (TPSA) is 66.8 Å². The van der Waals surface area contributed by atoms with E-state index in [1.807, 2.05) is 42.3 Å². The van der Waals surface area contributed by atoms with Crippen LogP contribution in [-0.4, -0.2) is 30.8 Å². The highest BCUT2D eigenvalue weighted by atomic mass is 32.1. The highest BCUT2D eigenvalue weighted by Crippen LogP contribution is 2.24. The lowest BCUT2D eigenvalue weighted by Crippen LogP contribution is -2.09. The van der Waals surface area contributed by atoms with Crippen LogP contribution in [0.15, 0.2) is 59.0 Å². The van der Waals surface area contributed by atoms with E-state index in [1.54, 1.807) is 24.6 Å².